The predicted octanol–water partition coefficient (Wildman–Crippen LogP) is 2.90. The van der Waals surface area contributed by atoms with E-state index in [2.05, 4.69) is 6.07 Å². The number of aryl methyl sites for hydroxylation is 1. The van der Waals surface area contributed by atoms with Gasteiger partial charge in [-0.2, -0.15) is 5.26 Å². The Morgan fingerprint density at radius 1 is 1.42 bits per heavy atom. The van der Waals surface area contributed by atoms with E-state index in [9.17, 15) is 9.18 Å². The minimum absolute atomic E-state index is 0.0718. The molecule has 19 heavy (non-hydrogen) atoms. The van der Waals surface area contributed by atoms with Crippen molar-refractivity contribution in [1.29, 1.82) is 5.26 Å². The molecule has 1 aliphatic heterocycles. The van der Waals surface area contributed by atoms with Gasteiger partial charge in [0.1, 0.15) is 5.82 Å². The molecule has 0 spiro atoms. The fourth-order valence-corrected chi connectivity index (χ4v) is 2.35. The van der Waals surface area contributed by atoms with Crippen LogP contribution in [-0.4, -0.2) is 23.9 Å². The quantitative estimate of drug-likeness (QED) is 0.779. The summed E-state index contributed by atoms with van der Waals surface area (Å²) in [6, 6.07) is 6.52. The van der Waals surface area contributed by atoms with Crippen LogP contribution in [0.3, 0.4) is 0 Å². The number of nitriles is 1. The highest BCUT2D eigenvalue weighted by atomic mass is 19.1. The highest BCUT2D eigenvalue weighted by Crippen LogP contribution is 2.30. The van der Waals surface area contributed by atoms with Crippen molar-refractivity contribution >= 4 is 5.91 Å². The molecule has 1 aromatic rings. The Balaban J connectivity index is 2.12. The van der Waals surface area contributed by atoms with Crippen molar-refractivity contribution in [2.24, 2.45) is 5.41 Å². The van der Waals surface area contributed by atoms with Gasteiger partial charge in [-0.3, -0.25) is 4.79 Å². The Morgan fingerprint density at radius 3 is 2.58 bits per heavy atom. The molecule has 0 bridgehead atoms. The van der Waals surface area contributed by atoms with Crippen LogP contribution < -0.4 is 0 Å². The van der Waals surface area contributed by atoms with Gasteiger partial charge in [0.15, 0.2) is 0 Å². The molecule has 0 N–H and O–H groups in total. The number of nitrogens with zero attached hydrogens (tertiary/aromatic N) is 2. The van der Waals surface area contributed by atoms with Crippen molar-refractivity contribution in [3.05, 3.63) is 35.1 Å². The Morgan fingerprint density at radius 2 is 2.05 bits per heavy atom. The summed E-state index contributed by atoms with van der Waals surface area (Å²) in [5.74, 6) is -0.401. The van der Waals surface area contributed by atoms with Crippen LogP contribution in [0.25, 0.3) is 0 Å². The number of hydrogen-bond acceptors (Lipinski definition) is 2. The second-order valence-electron chi connectivity index (χ2n) is 5.42. The largest absolute Gasteiger partial charge is 0.339 e. The third kappa shape index (κ3) is 2.76. The summed E-state index contributed by atoms with van der Waals surface area (Å²) >= 11 is 0. The van der Waals surface area contributed by atoms with Crippen molar-refractivity contribution in [3.8, 4) is 6.07 Å². The minimum atomic E-state index is -0.329. The monoisotopic (exact) mass is 260 g/mol. The molecule has 1 heterocycles. The van der Waals surface area contributed by atoms with Crippen molar-refractivity contribution in [1.82, 2.24) is 4.90 Å². The SMILES string of the molecule is Cc1cc(F)ccc1C(=O)N1CCC(C)(C#N)CC1. The summed E-state index contributed by atoms with van der Waals surface area (Å²) in [6.45, 7) is 4.83. The third-order valence-corrected chi connectivity index (χ3v) is 3.84. The van der Waals surface area contributed by atoms with Crippen molar-refractivity contribution in [2.75, 3.05) is 13.1 Å². The Hall–Kier alpha value is -1.89. The normalized spacial score (nSPS) is 17.9. The zero-order valence-electron chi connectivity index (χ0n) is 11.2. The number of halogens is 1. The molecule has 1 aromatic carbocycles. The lowest BCUT2D eigenvalue weighted by Gasteiger charge is -2.35. The molecule has 0 aliphatic carbocycles. The summed E-state index contributed by atoms with van der Waals surface area (Å²) in [6.07, 6.45) is 1.38. The van der Waals surface area contributed by atoms with E-state index in [0.29, 0.717) is 37.1 Å². The first-order valence-electron chi connectivity index (χ1n) is 6.42. The maximum absolute atomic E-state index is 13.0. The average Bonchev–Trinajstić information content (AvgIpc) is 2.39. The second kappa shape index (κ2) is 5.00. The van der Waals surface area contributed by atoms with Gasteiger partial charge < -0.3 is 4.90 Å². The van der Waals surface area contributed by atoms with E-state index in [1.165, 1.54) is 18.2 Å². The molecule has 0 unspecified atom stereocenters. The first-order chi connectivity index (χ1) is 8.95. The van der Waals surface area contributed by atoms with E-state index < -0.39 is 0 Å². The van der Waals surface area contributed by atoms with E-state index in [0.717, 1.165) is 0 Å². The number of carbonyl (C=O) groups is 1. The van der Waals surface area contributed by atoms with Gasteiger partial charge in [0.2, 0.25) is 0 Å². The number of carbonyl (C=O) groups excluding carboxylic acids is 1. The highest BCUT2D eigenvalue weighted by molar-refractivity contribution is 5.95. The summed E-state index contributed by atoms with van der Waals surface area (Å²) in [7, 11) is 0. The molecule has 0 saturated carbocycles. The van der Waals surface area contributed by atoms with Gasteiger partial charge in [0.25, 0.3) is 5.91 Å². The summed E-state index contributed by atoms with van der Waals surface area (Å²) in [5.41, 5.74) is 0.870. The van der Waals surface area contributed by atoms with E-state index in [1.807, 2.05) is 6.92 Å². The van der Waals surface area contributed by atoms with E-state index in [4.69, 9.17) is 5.26 Å². The van der Waals surface area contributed by atoms with Crippen LogP contribution in [0.4, 0.5) is 4.39 Å². The van der Waals surface area contributed by atoms with E-state index in [1.54, 1.807) is 11.8 Å². The van der Waals surface area contributed by atoms with Crippen molar-refractivity contribution in [2.45, 2.75) is 26.7 Å². The van der Waals surface area contributed by atoms with E-state index in [-0.39, 0.29) is 17.1 Å². The Bertz CT molecular complexity index is 540. The van der Waals surface area contributed by atoms with Crippen LogP contribution in [-0.2, 0) is 0 Å². The minimum Gasteiger partial charge on any atom is -0.339 e. The molecule has 1 aliphatic rings. The topological polar surface area (TPSA) is 44.1 Å². The van der Waals surface area contributed by atoms with Crippen molar-refractivity contribution in [3.63, 3.8) is 0 Å². The number of benzene rings is 1. The van der Waals surface area contributed by atoms with Gasteiger partial charge in [0.05, 0.1) is 11.5 Å². The molecular formula is C15H17FN2O. The Kier molecular flexibility index (Phi) is 3.57. The number of amides is 1. The van der Waals surface area contributed by atoms with Gasteiger partial charge in [-0.05, 0) is 50.5 Å². The molecule has 3 nitrogen and oxygen atoms in total. The molecular weight excluding hydrogens is 243 g/mol. The lowest BCUT2D eigenvalue weighted by Crippen LogP contribution is -2.41. The van der Waals surface area contributed by atoms with Crippen LogP contribution in [0, 0.1) is 29.5 Å². The summed E-state index contributed by atoms with van der Waals surface area (Å²) < 4.78 is 13.0. The van der Waals surface area contributed by atoms with Gasteiger partial charge in [-0.15, -0.1) is 0 Å². The molecule has 4 heteroatoms. The molecule has 0 radical (unpaired) electrons. The van der Waals surface area contributed by atoms with Crippen LogP contribution >= 0.6 is 0 Å². The van der Waals surface area contributed by atoms with Gasteiger partial charge in [0, 0.05) is 18.7 Å². The fraction of sp³-hybridized carbons (Fsp3) is 0.467. The maximum atomic E-state index is 13.0. The first-order valence-corrected chi connectivity index (χ1v) is 6.42. The molecule has 1 amide bonds. The van der Waals surface area contributed by atoms with Gasteiger partial charge in [-0.25, -0.2) is 4.39 Å². The maximum Gasteiger partial charge on any atom is 0.254 e. The summed E-state index contributed by atoms with van der Waals surface area (Å²) in [5, 5.41) is 9.07. The predicted molar refractivity (Wildman–Crippen MR) is 70.0 cm³/mol. The molecule has 0 atom stereocenters. The number of hydrogen-bond donors (Lipinski definition) is 0. The summed E-state index contributed by atoms with van der Waals surface area (Å²) in [4.78, 5) is 14.1. The lowest BCUT2D eigenvalue weighted by atomic mass is 9.82. The second-order valence-corrected chi connectivity index (χ2v) is 5.42. The molecule has 0 aromatic heterocycles. The van der Waals surface area contributed by atoms with Gasteiger partial charge in [-0.1, -0.05) is 0 Å². The number of rotatable bonds is 1. The first kappa shape index (κ1) is 13.5. The number of piperidine rings is 1. The van der Waals surface area contributed by atoms with Crippen molar-refractivity contribution < 1.29 is 9.18 Å². The fourth-order valence-electron chi connectivity index (χ4n) is 2.35. The smallest absolute Gasteiger partial charge is 0.254 e. The third-order valence-electron chi connectivity index (χ3n) is 3.84. The highest BCUT2D eigenvalue weighted by Gasteiger charge is 2.32. The molecule has 2 rings (SSSR count). The van der Waals surface area contributed by atoms with Crippen LogP contribution in [0.2, 0.25) is 0 Å². The molecule has 1 fully saturated rings. The zero-order valence-corrected chi connectivity index (χ0v) is 11.2. The number of likely N-dealkylation sites (tertiary alicyclic amines) is 1. The zero-order chi connectivity index (χ0) is 14.0. The van der Waals surface area contributed by atoms with E-state index >= 15 is 0 Å². The Labute approximate surface area is 112 Å². The lowest BCUT2D eigenvalue weighted by molar-refractivity contribution is 0.0661. The molecule has 100 valence electrons. The molecule has 1 saturated heterocycles. The van der Waals surface area contributed by atoms with Crippen LogP contribution in [0.1, 0.15) is 35.7 Å². The average molecular weight is 260 g/mol. The van der Waals surface area contributed by atoms with Crippen LogP contribution in [0.15, 0.2) is 18.2 Å². The standard InChI is InChI=1S/C15H17FN2O/c1-11-9-12(16)3-4-13(11)14(19)18-7-5-15(2,10-17)6-8-18/h3-4,9H,5-8H2,1-2H3. The van der Waals surface area contributed by atoms with Crippen LogP contribution in [0.5, 0.6) is 0 Å². The van der Waals surface area contributed by atoms with Gasteiger partial charge >= 0.3 is 0 Å².